The van der Waals surface area contributed by atoms with Gasteiger partial charge in [0, 0.05) is 49.2 Å². The summed E-state index contributed by atoms with van der Waals surface area (Å²) in [7, 11) is 1.50. The molecule has 1 aliphatic rings. The Morgan fingerprint density at radius 1 is 1.05 bits per heavy atom. The molecule has 5 nitrogen and oxygen atoms in total. The van der Waals surface area contributed by atoms with Crippen LogP contribution in [0.5, 0.6) is 5.88 Å². The van der Waals surface area contributed by atoms with Crippen molar-refractivity contribution in [3.63, 3.8) is 0 Å². The molecule has 37 heavy (non-hydrogen) atoms. The second-order valence-corrected chi connectivity index (χ2v) is 10.8. The number of thiophene rings is 1. The Hall–Kier alpha value is -2.48. The maximum Gasteiger partial charge on any atom is 0.430 e. The zero-order valence-electron chi connectivity index (χ0n) is 19.5. The number of piperazine rings is 1. The smallest absolute Gasteiger partial charge is 0.430 e. The third-order valence-corrected chi connectivity index (χ3v) is 8.16. The molecule has 13 heteroatoms. The lowest BCUT2D eigenvalue weighted by atomic mass is 9.92. The number of aromatic nitrogens is 1. The molecule has 1 aliphatic heterocycles. The van der Waals surface area contributed by atoms with Crippen molar-refractivity contribution in [3.8, 4) is 5.88 Å². The number of ether oxygens (including phenoxy) is 1. The van der Waals surface area contributed by atoms with Gasteiger partial charge in [0.15, 0.2) is 0 Å². The second kappa shape index (κ2) is 10.7. The summed E-state index contributed by atoms with van der Waals surface area (Å²) in [5, 5.41) is 11.7. The van der Waals surface area contributed by atoms with Crippen LogP contribution in [0.3, 0.4) is 0 Å². The second-order valence-electron chi connectivity index (χ2n) is 8.42. The Balaban J connectivity index is 1.61. The highest BCUT2D eigenvalue weighted by Gasteiger charge is 2.71. The minimum absolute atomic E-state index is 0.150. The summed E-state index contributed by atoms with van der Waals surface area (Å²) in [6.07, 6.45) is -9.71. The van der Waals surface area contributed by atoms with Crippen LogP contribution in [0.1, 0.15) is 11.1 Å². The van der Waals surface area contributed by atoms with E-state index in [9.17, 15) is 31.4 Å². The van der Waals surface area contributed by atoms with Crippen molar-refractivity contribution >= 4 is 29.0 Å². The van der Waals surface area contributed by atoms with Gasteiger partial charge in [-0.05, 0) is 53.6 Å². The molecule has 1 aromatic carbocycles. The van der Waals surface area contributed by atoms with Crippen LogP contribution >= 0.6 is 23.3 Å². The number of halogens is 6. The molecule has 0 amide bonds. The summed E-state index contributed by atoms with van der Waals surface area (Å²) >= 11 is 3.21. The van der Waals surface area contributed by atoms with Crippen molar-refractivity contribution in [2.75, 3.05) is 31.6 Å². The van der Waals surface area contributed by atoms with Gasteiger partial charge in [-0.3, -0.25) is 0 Å². The Bertz CT molecular complexity index is 1160. The van der Waals surface area contributed by atoms with E-state index in [1.54, 1.807) is 35.5 Å². The first-order chi connectivity index (χ1) is 17.4. The Morgan fingerprint density at radius 3 is 2.35 bits per heavy atom. The maximum absolute atomic E-state index is 13.3. The van der Waals surface area contributed by atoms with Gasteiger partial charge in [0.05, 0.1) is 11.3 Å². The number of anilines is 1. The van der Waals surface area contributed by atoms with Gasteiger partial charge in [0.2, 0.25) is 5.88 Å². The van der Waals surface area contributed by atoms with E-state index in [-0.39, 0.29) is 6.04 Å². The predicted octanol–water partition coefficient (Wildman–Crippen LogP) is 5.90. The van der Waals surface area contributed by atoms with Gasteiger partial charge in [-0.2, -0.15) is 26.3 Å². The van der Waals surface area contributed by atoms with E-state index in [0.717, 1.165) is 9.77 Å². The highest BCUT2D eigenvalue weighted by atomic mass is 32.2. The van der Waals surface area contributed by atoms with Crippen molar-refractivity contribution < 1.29 is 36.2 Å². The minimum Gasteiger partial charge on any atom is -0.481 e. The molecule has 1 N–H and O–H groups in total. The molecule has 3 aromatic rings. The number of pyridine rings is 1. The fourth-order valence-corrected chi connectivity index (χ4v) is 6.13. The molecule has 0 saturated carbocycles. The molecular formula is C24H23F6N3O2S2. The summed E-state index contributed by atoms with van der Waals surface area (Å²) in [5.41, 5.74) is -4.85. The number of rotatable bonds is 7. The molecular weight excluding hydrogens is 540 g/mol. The molecule has 4 rings (SSSR count). The Morgan fingerprint density at radius 2 is 1.76 bits per heavy atom. The summed E-state index contributed by atoms with van der Waals surface area (Å²) in [4.78, 5) is 6.07. The van der Waals surface area contributed by atoms with Gasteiger partial charge in [-0.1, -0.05) is 18.2 Å². The zero-order chi connectivity index (χ0) is 26.8. The third kappa shape index (κ3) is 5.84. The molecule has 2 aromatic heterocycles. The highest BCUT2D eigenvalue weighted by Crippen LogP contribution is 2.50. The van der Waals surface area contributed by atoms with Crippen LogP contribution in [0.25, 0.3) is 0 Å². The fourth-order valence-electron chi connectivity index (χ4n) is 4.21. The summed E-state index contributed by atoms with van der Waals surface area (Å²) in [5.74, 6) is 0.438. The summed E-state index contributed by atoms with van der Waals surface area (Å²) < 4.78 is 88.3. The lowest BCUT2D eigenvalue weighted by Gasteiger charge is -2.42. The molecule has 1 saturated heterocycles. The van der Waals surface area contributed by atoms with Crippen LogP contribution in [-0.4, -0.2) is 59.5 Å². The van der Waals surface area contributed by atoms with Gasteiger partial charge in [0.25, 0.3) is 5.60 Å². The van der Waals surface area contributed by atoms with Crippen LogP contribution in [-0.2, 0) is 12.0 Å². The van der Waals surface area contributed by atoms with E-state index in [4.69, 9.17) is 4.74 Å². The first-order valence-electron chi connectivity index (χ1n) is 11.1. The fraction of sp³-hybridized carbons (Fsp3) is 0.375. The third-order valence-electron chi connectivity index (χ3n) is 6.08. The standard InChI is InChI=1S/C24H23F6N3O2S2/c1-35-20-14-16(8-9-31-20)13-19-15-32(37-21-3-2-12-36-21)10-11-33(19)18-6-4-17(5-7-18)22(34,23(25,26)27)24(28,29)30/h2-9,12,14,19,34H,10-11,13,15H2,1H3. The lowest BCUT2D eigenvalue weighted by molar-refractivity contribution is -0.376. The monoisotopic (exact) mass is 563 g/mol. The molecule has 0 aliphatic carbocycles. The van der Waals surface area contributed by atoms with Crippen molar-refractivity contribution in [3.05, 3.63) is 71.2 Å². The molecule has 0 radical (unpaired) electrons. The number of nitrogens with zero attached hydrogens (tertiary/aromatic N) is 3. The first-order valence-corrected chi connectivity index (χ1v) is 12.8. The number of benzene rings is 1. The van der Waals surface area contributed by atoms with E-state index in [2.05, 4.69) is 9.29 Å². The topological polar surface area (TPSA) is 48.8 Å². The van der Waals surface area contributed by atoms with Gasteiger partial charge in [0.1, 0.15) is 0 Å². The van der Waals surface area contributed by atoms with E-state index in [1.807, 2.05) is 28.5 Å². The number of methoxy groups -OCH3 is 1. The Labute approximate surface area is 217 Å². The van der Waals surface area contributed by atoms with Crippen LogP contribution in [0.2, 0.25) is 0 Å². The molecule has 0 spiro atoms. The minimum atomic E-state index is -5.93. The first kappa shape index (κ1) is 27.6. The summed E-state index contributed by atoms with van der Waals surface area (Å²) in [6, 6.07) is 11.2. The largest absolute Gasteiger partial charge is 0.481 e. The molecule has 0 bridgehead atoms. The number of hydrogen-bond donors (Lipinski definition) is 1. The normalized spacial score (nSPS) is 17.7. The molecule has 1 atom stereocenters. The van der Waals surface area contributed by atoms with E-state index in [1.165, 1.54) is 19.2 Å². The molecule has 3 heterocycles. The average Bonchev–Trinajstić information content (AvgIpc) is 3.36. The SMILES string of the molecule is COc1cc(CC2CN(Sc3cccs3)CCN2c2ccc(C(O)(C(F)(F)F)C(F)(F)F)cc2)ccn1. The predicted molar refractivity (Wildman–Crippen MR) is 130 cm³/mol. The van der Waals surface area contributed by atoms with Gasteiger partial charge in [-0.15, -0.1) is 11.3 Å². The van der Waals surface area contributed by atoms with Crippen LogP contribution < -0.4 is 9.64 Å². The average molecular weight is 564 g/mol. The Kier molecular flexibility index (Phi) is 7.98. The van der Waals surface area contributed by atoms with Gasteiger partial charge >= 0.3 is 12.4 Å². The van der Waals surface area contributed by atoms with Crippen molar-refractivity contribution in [2.24, 2.45) is 0 Å². The van der Waals surface area contributed by atoms with Crippen LogP contribution in [0.4, 0.5) is 32.0 Å². The zero-order valence-corrected chi connectivity index (χ0v) is 21.1. The van der Waals surface area contributed by atoms with Gasteiger partial charge in [-0.25, -0.2) is 9.29 Å². The maximum atomic E-state index is 13.3. The highest BCUT2D eigenvalue weighted by molar-refractivity contribution is 7.98. The van der Waals surface area contributed by atoms with Crippen LogP contribution in [0, 0.1) is 0 Å². The number of alkyl halides is 6. The molecule has 1 fully saturated rings. The van der Waals surface area contributed by atoms with Crippen molar-refractivity contribution in [1.82, 2.24) is 9.29 Å². The van der Waals surface area contributed by atoms with E-state index >= 15 is 0 Å². The molecule has 200 valence electrons. The van der Waals surface area contributed by atoms with Crippen LogP contribution in [0.15, 0.2) is 64.3 Å². The summed E-state index contributed by atoms with van der Waals surface area (Å²) in [6.45, 7) is 1.70. The number of aliphatic hydroxyl groups is 1. The quantitative estimate of drug-likeness (QED) is 0.285. The van der Waals surface area contributed by atoms with E-state index < -0.39 is 23.5 Å². The van der Waals surface area contributed by atoms with E-state index in [0.29, 0.717) is 49.8 Å². The van der Waals surface area contributed by atoms with Crippen molar-refractivity contribution in [1.29, 1.82) is 0 Å². The lowest BCUT2D eigenvalue weighted by Crippen LogP contribution is -2.54. The van der Waals surface area contributed by atoms with Crippen molar-refractivity contribution in [2.45, 2.75) is 34.6 Å². The number of hydrogen-bond acceptors (Lipinski definition) is 7. The van der Waals surface area contributed by atoms with Gasteiger partial charge < -0.3 is 14.7 Å². The molecule has 1 unspecified atom stereocenters.